The molecular formula is C25H31ClN4O4. The maximum Gasteiger partial charge on any atom is 0.253 e. The zero-order valence-corrected chi connectivity index (χ0v) is 20.5. The van der Waals surface area contributed by atoms with E-state index in [4.69, 9.17) is 16.3 Å². The first-order valence-electron chi connectivity index (χ1n) is 11.5. The number of ether oxygens (including phenoxy) is 1. The molecular weight excluding hydrogens is 456 g/mol. The van der Waals surface area contributed by atoms with Crippen LogP contribution in [0.4, 0.5) is 5.69 Å². The summed E-state index contributed by atoms with van der Waals surface area (Å²) in [6, 6.07) is 9.41. The zero-order chi connectivity index (χ0) is 24.5. The summed E-state index contributed by atoms with van der Waals surface area (Å²) in [6.45, 7) is 6.38. The molecule has 0 aliphatic carbocycles. The summed E-state index contributed by atoms with van der Waals surface area (Å²) in [5, 5.41) is 16.5. The number of carbonyl (C=O) groups is 2. The fourth-order valence-corrected chi connectivity index (χ4v) is 5.09. The molecule has 0 radical (unpaired) electrons. The minimum atomic E-state index is -0.896. The number of aromatic nitrogens is 1. The molecule has 1 aromatic carbocycles. The highest BCUT2D eigenvalue weighted by molar-refractivity contribution is 6.30. The molecule has 3 heterocycles. The maximum absolute atomic E-state index is 13.9. The number of anilines is 1. The first-order chi connectivity index (χ1) is 16.2. The first-order valence-corrected chi connectivity index (χ1v) is 11.9. The number of β-amino-alcohol motifs (C(OH)–C–C–N with tert-alkyl or cyclic N) is 1. The second-order valence-electron chi connectivity index (χ2n) is 9.58. The number of nitrogens with one attached hydrogen (secondary N) is 2. The van der Waals surface area contributed by atoms with Crippen molar-refractivity contribution in [1.82, 2.24) is 15.2 Å². The molecule has 0 saturated carbocycles. The van der Waals surface area contributed by atoms with Gasteiger partial charge in [0, 0.05) is 39.7 Å². The minimum Gasteiger partial charge on any atom is -0.386 e. The average Bonchev–Trinajstić information content (AvgIpc) is 3.22. The molecule has 1 aromatic heterocycles. The lowest BCUT2D eigenvalue weighted by atomic mass is 9.69. The van der Waals surface area contributed by atoms with Gasteiger partial charge in [-0.05, 0) is 23.1 Å². The highest BCUT2D eigenvalue weighted by atomic mass is 35.5. The molecule has 2 amide bonds. The van der Waals surface area contributed by atoms with Gasteiger partial charge < -0.3 is 20.5 Å². The lowest BCUT2D eigenvalue weighted by Crippen LogP contribution is -2.67. The third kappa shape index (κ3) is 4.68. The molecule has 9 heteroatoms. The van der Waals surface area contributed by atoms with Crippen molar-refractivity contribution in [1.29, 1.82) is 0 Å². The number of hydrogen-bond donors (Lipinski definition) is 3. The smallest absolute Gasteiger partial charge is 0.253 e. The van der Waals surface area contributed by atoms with Crippen LogP contribution in [-0.2, 0) is 14.9 Å². The summed E-state index contributed by atoms with van der Waals surface area (Å²) in [5.74, 6) is -0.364. The van der Waals surface area contributed by atoms with Gasteiger partial charge in [-0.1, -0.05) is 49.7 Å². The van der Waals surface area contributed by atoms with Crippen LogP contribution in [0.25, 0.3) is 0 Å². The largest absolute Gasteiger partial charge is 0.386 e. The number of halogens is 1. The van der Waals surface area contributed by atoms with Gasteiger partial charge in [0.15, 0.2) is 0 Å². The molecule has 0 bridgehead atoms. The predicted molar refractivity (Wildman–Crippen MR) is 130 cm³/mol. The molecule has 2 aromatic rings. The Kier molecular flexibility index (Phi) is 6.96. The van der Waals surface area contributed by atoms with Gasteiger partial charge in [-0.25, -0.2) is 4.98 Å². The number of pyridine rings is 1. The van der Waals surface area contributed by atoms with E-state index in [1.54, 1.807) is 0 Å². The Balaban J connectivity index is 1.66. The van der Waals surface area contributed by atoms with E-state index >= 15 is 0 Å². The van der Waals surface area contributed by atoms with Gasteiger partial charge in [0.05, 0.1) is 29.5 Å². The van der Waals surface area contributed by atoms with Crippen LogP contribution < -0.4 is 10.6 Å². The van der Waals surface area contributed by atoms with E-state index in [0.29, 0.717) is 45.0 Å². The van der Waals surface area contributed by atoms with Crippen LogP contribution in [0, 0.1) is 0 Å². The van der Waals surface area contributed by atoms with E-state index in [0.717, 1.165) is 11.1 Å². The molecule has 2 saturated heterocycles. The number of aliphatic hydroxyl groups is 1. The molecule has 1 atom stereocenters. The summed E-state index contributed by atoms with van der Waals surface area (Å²) in [5.41, 5.74) is 0.870. The summed E-state index contributed by atoms with van der Waals surface area (Å²) < 4.78 is 5.39. The van der Waals surface area contributed by atoms with E-state index in [2.05, 4.69) is 40.4 Å². The van der Waals surface area contributed by atoms with Gasteiger partial charge in [-0.2, -0.15) is 0 Å². The molecule has 4 rings (SSSR count). The third-order valence-corrected chi connectivity index (χ3v) is 6.92. The Labute approximate surface area is 204 Å². The maximum atomic E-state index is 13.9. The Bertz CT molecular complexity index is 1080. The number of hydrogen-bond acceptors (Lipinski definition) is 6. The molecule has 3 N–H and O–H groups in total. The van der Waals surface area contributed by atoms with E-state index < -0.39 is 11.0 Å². The first kappa shape index (κ1) is 24.6. The van der Waals surface area contributed by atoms with Crippen LogP contribution in [-0.4, -0.2) is 72.3 Å². The van der Waals surface area contributed by atoms with Crippen LogP contribution in [0.1, 0.15) is 47.7 Å². The highest BCUT2D eigenvalue weighted by Crippen LogP contribution is 2.41. The number of nitrogens with zero attached hydrogens (tertiary/aromatic N) is 2. The van der Waals surface area contributed by atoms with Gasteiger partial charge in [-0.3, -0.25) is 14.5 Å². The standard InChI is InChI=1S/C25H31ClN4O4/c1-16(2)17-6-4-5-7-19(17)25(13-30(14-25)12-24(33)8-9-34-15-24)23(32)29-20-11-28-21(26)10-18(20)22(31)27-3/h4-7,10-11,16,33H,8-9,12-15H2,1-3H3,(H,27,31)(H,29,32). The van der Waals surface area contributed by atoms with Crippen molar-refractivity contribution in [3.05, 3.63) is 58.4 Å². The van der Waals surface area contributed by atoms with Gasteiger partial charge >= 0.3 is 0 Å². The Hall–Kier alpha value is -2.52. The van der Waals surface area contributed by atoms with Gasteiger partial charge in [-0.15, -0.1) is 0 Å². The molecule has 0 spiro atoms. The second-order valence-corrected chi connectivity index (χ2v) is 9.97. The lowest BCUT2D eigenvalue weighted by Gasteiger charge is -2.51. The molecule has 2 aliphatic rings. The van der Waals surface area contributed by atoms with Crippen molar-refractivity contribution in [3.8, 4) is 0 Å². The van der Waals surface area contributed by atoms with E-state index in [1.807, 2.05) is 18.2 Å². The van der Waals surface area contributed by atoms with Crippen molar-refractivity contribution in [2.75, 3.05) is 45.2 Å². The monoisotopic (exact) mass is 486 g/mol. The van der Waals surface area contributed by atoms with Crippen molar-refractivity contribution >= 4 is 29.1 Å². The van der Waals surface area contributed by atoms with Crippen molar-refractivity contribution in [3.63, 3.8) is 0 Å². The van der Waals surface area contributed by atoms with Crippen LogP contribution in [0.3, 0.4) is 0 Å². The predicted octanol–water partition coefficient (Wildman–Crippen LogP) is 2.56. The molecule has 182 valence electrons. The molecule has 1 unspecified atom stereocenters. The minimum absolute atomic E-state index is 0.165. The average molecular weight is 487 g/mol. The molecule has 34 heavy (non-hydrogen) atoms. The van der Waals surface area contributed by atoms with Crippen LogP contribution in [0.2, 0.25) is 5.15 Å². The quantitative estimate of drug-likeness (QED) is 0.520. The van der Waals surface area contributed by atoms with Crippen LogP contribution in [0.5, 0.6) is 0 Å². The van der Waals surface area contributed by atoms with Gasteiger partial charge in [0.1, 0.15) is 10.8 Å². The van der Waals surface area contributed by atoms with E-state index in [1.165, 1.54) is 19.3 Å². The lowest BCUT2D eigenvalue weighted by molar-refractivity contribution is -0.130. The normalized spacial score (nSPS) is 21.8. The number of likely N-dealkylation sites (tertiary alicyclic amines) is 1. The summed E-state index contributed by atoms with van der Waals surface area (Å²) in [4.78, 5) is 32.4. The molecule has 8 nitrogen and oxygen atoms in total. The van der Waals surface area contributed by atoms with Crippen LogP contribution >= 0.6 is 11.6 Å². The van der Waals surface area contributed by atoms with E-state index in [9.17, 15) is 14.7 Å². The van der Waals surface area contributed by atoms with Gasteiger partial charge in [0.2, 0.25) is 5.91 Å². The molecule has 2 aliphatic heterocycles. The molecule has 2 fully saturated rings. The van der Waals surface area contributed by atoms with Crippen molar-refractivity contribution < 1.29 is 19.4 Å². The SMILES string of the molecule is CNC(=O)c1cc(Cl)ncc1NC(=O)C1(c2ccccc2C(C)C)CN(CC2(O)CCOC2)C1. The van der Waals surface area contributed by atoms with E-state index in [-0.39, 0.29) is 28.4 Å². The Morgan fingerprint density at radius 1 is 1.29 bits per heavy atom. The van der Waals surface area contributed by atoms with Crippen molar-refractivity contribution in [2.45, 2.75) is 37.2 Å². The Morgan fingerprint density at radius 3 is 2.68 bits per heavy atom. The number of amides is 2. The van der Waals surface area contributed by atoms with Crippen LogP contribution in [0.15, 0.2) is 36.5 Å². The zero-order valence-electron chi connectivity index (χ0n) is 19.7. The fourth-order valence-electron chi connectivity index (χ4n) is 4.93. The summed E-state index contributed by atoms with van der Waals surface area (Å²) in [7, 11) is 1.52. The number of carbonyl (C=O) groups excluding carboxylic acids is 2. The second kappa shape index (κ2) is 9.62. The topological polar surface area (TPSA) is 104 Å². The van der Waals surface area contributed by atoms with Gasteiger partial charge in [0.25, 0.3) is 5.91 Å². The summed E-state index contributed by atoms with van der Waals surface area (Å²) >= 11 is 6.00. The van der Waals surface area contributed by atoms with Crippen molar-refractivity contribution in [2.24, 2.45) is 0 Å². The third-order valence-electron chi connectivity index (χ3n) is 6.71. The number of benzene rings is 1. The Morgan fingerprint density at radius 2 is 2.03 bits per heavy atom. The number of rotatable bonds is 7. The summed E-state index contributed by atoms with van der Waals surface area (Å²) in [6.07, 6.45) is 1.99. The fraction of sp³-hybridized carbons (Fsp3) is 0.480. The highest BCUT2D eigenvalue weighted by Gasteiger charge is 2.53.